The molecule has 0 amide bonds. The van der Waals surface area contributed by atoms with Crippen molar-refractivity contribution in [3.63, 3.8) is 0 Å². The number of rotatable bonds is 10. The van der Waals surface area contributed by atoms with Gasteiger partial charge in [0.25, 0.3) is 0 Å². The Labute approximate surface area is 130 Å². The minimum Gasteiger partial charge on any atom is -0.497 e. The minimum atomic E-state index is 0.316. The van der Waals surface area contributed by atoms with Crippen LogP contribution in [0.2, 0.25) is 0 Å². The lowest BCUT2D eigenvalue weighted by Crippen LogP contribution is -2.24. The summed E-state index contributed by atoms with van der Waals surface area (Å²) in [5, 5.41) is 3.67. The van der Waals surface area contributed by atoms with Crippen LogP contribution in [0.1, 0.15) is 58.1 Å². The highest BCUT2D eigenvalue weighted by Crippen LogP contribution is 2.33. The van der Waals surface area contributed by atoms with E-state index in [2.05, 4.69) is 32.2 Å². The first-order valence-electron chi connectivity index (χ1n) is 8.11. The van der Waals surface area contributed by atoms with Crippen LogP contribution >= 0.6 is 0 Å². The Bertz CT molecular complexity index is 406. The van der Waals surface area contributed by atoms with Crippen molar-refractivity contribution in [2.45, 2.75) is 52.5 Å². The zero-order valence-corrected chi connectivity index (χ0v) is 14.2. The second-order valence-electron chi connectivity index (χ2n) is 5.74. The second kappa shape index (κ2) is 9.67. The molecule has 1 rings (SSSR count). The van der Waals surface area contributed by atoms with Crippen LogP contribution in [-0.4, -0.2) is 20.8 Å². The fraction of sp³-hybridized carbons (Fsp3) is 0.667. The Kier molecular flexibility index (Phi) is 8.21. The van der Waals surface area contributed by atoms with E-state index in [4.69, 9.17) is 9.47 Å². The molecule has 0 aliphatic carbocycles. The monoisotopic (exact) mass is 293 g/mol. The molecule has 1 aromatic rings. The quantitative estimate of drug-likeness (QED) is 0.685. The third-order valence-electron chi connectivity index (χ3n) is 3.87. The predicted octanol–water partition coefficient (Wildman–Crippen LogP) is 4.57. The van der Waals surface area contributed by atoms with E-state index in [0.29, 0.717) is 12.0 Å². The predicted molar refractivity (Wildman–Crippen MR) is 89.3 cm³/mol. The molecule has 2 atom stereocenters. The van der Waals surface area contributed by atoms with Gasteiger partial charge in [0.1, 0.15) is 11.5 Å². The van der Waals surface area contributed by atoms with Gasteiger partial charge in [0.05, 0.1) is 14.2 Å². The number of hydrogen-bond acceptors (Lipinski definition) is 3. The number of nitrogens with one attached hydrogen (secondary N) is 1. The maximum absolute atomic E-state index is 5.55. The Morgan fingerprint density at radius 3 is 2.43 bits per heavy atom. The molecule has 3 nitrogen and oxygen atoms in total. The van der Waals surface area contributed by atoms with Gasteiger partial charge in [-0.1, -0.05) is 33.6 Å². The second-order valence-corrected chi connectivity index (χ2v) is 5.74. The standard InChI is InChI=1S/C18H31NO2/c1-6-8-14(3)12-17(19-11-7-2)16-13-15(20-4)9-10-18(16)21-5/h9-10,13-14,17,19H,6-8,11-12H2,1-5H3. The van der Waals surface area contributed by atoms with Crippen LogP contribution in [0, 0.1) is 5.92 Å². The molecule has 0 aromatic heterocycles. The first-order valence-corrected chi connectivity index (χ1v) is 8.11. The molecular weight excluding hydrogens is 262 g/mol. The fourth-order valence-corrected chi connectivity index (χ4v) is 2.76. The van der Waals surface area contributed by atoms with Gasteiger partial charge in [-0.2, -0.15) is 0 Å². The van der Waals surface area contributed by atoms with Gasteiger partial charge in [0, 0.05) is 11.6 Å². The van der Waals surface area contributed by atoms with Crippen LogP contribution in [0.3, 0.4) is 0 Å². The lowest BCUT2D eigenvalue weighted by molar-refractivity contribution is 0.360. The van der Waals surface area contributed by atoms with Crippen LogP contribution < -0.4 is 14.8 Å². The van der Waals surface area contributed by atoms with Gasteiger partial charge in [-0.15, -0.1) is 0 Å². The maximum Gasteiger partial charge on any atom is 0.123 e. The molecule has 0 aliphatic rings. The van der Waals surface area contributed by atoms with Gasteiger partial charge in [0.2, 0.25) is 0 Å². The third kappa shape index (κ3) is 5.58. The van der Waals surface area contributed by atoms with Crippen LogP contribution in [0.25, 0.3) is 0 Å². The van der Waals surface area contributed by atoms with Gasteiger partial charge in [-0.3, -0.25) is 0 Å². The van der Waals surface area contributed by atoms with Crippen LogP contribution in [0.5, 0.6) is 11.5 Å². The molecule has 0 saturated heterocycles. The number of ether oxygens (including phenoxy) is 2. The molecule has 0 saturated carbocycles. The lowest BCUT2D eigenvalue weighted by atomic mass is 9.92. The largest absolute Gasteiger partial charge is 0.497 e. The summed E-state index contributed by atoms with van der Waals surface area (Å²) in [6.45, 7) is 7.79. The first-order chi connectivity index (χ1) is 10.2. The normalized spacial score (nSPS) is 13.8. The van der Waals surface area contributed by atoms with E-state index in [1.165, 1.54) is 18.4 Å². The van der Waals surface area contributed by atoms with Gasteiger partial charge >= 0.3 is 0 Å². The first kappa shape index (κ1) is 17.8. The Morgan fingerprint density at radius 2 is 1.86 bits per heavy atom. The molecule has 0 heterocycles. The van der Waals surface area contributed by atoms with E-state index in [1.807, 2.05) is 12.1 Å². The van der Waals surface area contributed by atoms with Crippen molar-refractivity contribution in [2.24, 2.45) is 5.92 Å². The summed E-state index contributed by atoms with van der Waals surface area (Å²) in [4.78, 5) is 0. The van der Waals surface area contributed by atoms with E-state index in [0.717, 1.165) is 30.9 Å². The number of benzene rings is 1. The van der Waals surface area contributed by atoms with Crippen molar-refractivity contribution in [1.29, 1.82) is 0 Å². The van der Waals surface area contributed by atoms with Gasteiger partial charge in [-0.25, -0.2) is 0 Å². The van der Waals surface area contributed by atoms with Gasteiger partial charge in [-0.05, 0) is 43.5 Å². The molecule has 0 radical (unpaired) electrons. The topological polar surface area (TPSA) is 30.5 Å². The van der Waals surface area contributed by atoms with Crippen molar-refractivity contribution < 1.29 is 9.47 Å². The van der Waals surface area contributed by atoms with Crippen molar-refractivity contribution in [3.05, 3.63) is 23.8 Å². The van der Waals surface area contributed by atoms with Crippen molar-refractivity contribution >= 4 is 0 Å². The van der Waals surface area contributed by atoms with E-state index < -0.39 is 0 Å². The van der Waals surface area contributed by atoms with Crippen molar-refractivity contribution in [3.8, 4) is 11.5 Å². The molecule has 0 fully saturated rings. The summed E-state index contributed by atoms with van der Waals surface area (Å²) >= 11 is 0. The van der Waals surface area contributed by atoms with E-state index in [9.17, 15) is 0 Å². The zero-order chi connectivity index (χ0) is 15.7. The lowest BCUT2D eigenvalue weighted by Gasteiger charge is -2.24. The summed E-state index contributed by atoms with van der Waals surface area (Å²) < 4.78 is 10.9. The Hall–Kier alpha value is -1.22. The summed E-state index contributed by atoms with van der Waals surface area (Å²) in [6.07, 6.45) is 4.75. The SMILES string of the molecule is CCCNC(CC(C)CCC)c1cc(OC)ccc1OC. The van der Waals surface area contributed by atoms with Crippen LogP contribution in [-0.2, 0) is 0 Å². The van der Waals surface area contributed by atoms with E-state index in [1.54, 1.807) is 14.2 Å². The fourth-order valence-electron chi connectivity index (χ4n) is 2.76. The van der Waals surface area contributed by atoms with Gasteiger partial charge < -0.3 is 14.8 Å². The summed E-state index contributed by atoms with van der Waals surface area (Å²) in [5.74, 6) is 2.52. The zero-order valence-electron chi connectivity index (χ0n) is 14.2. The Balaban J connectivity index is 2.99. The molecule has 120 valence electrons. The average Bonchev–Trinajstić information content (AvgIpc) is 2.51. The number of hydrogen-bond donors (Lipinski definition) is 1. The van der Waals surface area contributed by atoms with E-state index >= 15 is 0 Å². The molecule has 1 N–H and O–H groups in total. The molecule has 2 unspecified atom stereocenters. The highest BCUT2D eigenvalue weighted by Gasteiger charge is 2.19. The molecule has 0 spiro atoms. The maximum atomic E-state index is 5.55. The third-order valence-corrected chi connectivity index (χ3v) is 3.87. The highest BCUT2D eigenvalue weighted by atomic mass is 16.5. The average molecular weight is 293 g/mol. The molecule has 3 heteroatoms. The molecule has 21 heavy (non-hydrogen) atoms. The van der Waals surface area contributed by atoms with Crippen LogP contribution in [0.4, 0.5) is 0 Å². The van der Waals surface area contributed by atoms with Crippen molar-refractivity contribution in [2.75, 3.05) is 20.8 Å². The molecule has 0 bridgehead atoms. The van der Waals surface area contributed by atoms with E-state index in [-0.39, 0.29) is 0 Å². The smallest absolute Gasteiger partial charge is 0.123 e. The summed E-state index contributed by atoms with van der Waals surface area (Å²) in [6, 6.07) is 6.37. The summed E-state index contributed by atoms with van der Waals surface area (Å²) in [7, 11) is 3.44. The molecule has 0 aliphatic heterocycles. The Morgan fingerprint density at radius 1 is 1.10 bits per heavy atom. The number of methoxy groups -OCH3 is 2. The van der Waals surface area contributed by atoms with Crippen molar-refractivity contribution in [1.82, 2.24) is 5.32 Å². The molecular formula is C18H31NO2. The molecule has 1 aromatic carbocycles. The summed E-state index contributed by atoms with van der Waals surface area (Å²) in [5.41, 5.74) is 1.20. The van der Waals surface area contributed by atoms with Crippen LogP contribution in [0.15, 0.2) is 18.2 Å². The minimum absolute atomic E-state index is 0.316. The highest BCUT2D eigenvalue weighted by molar-refractivity contribution is 5.42. The van der Waals surface area contributed by atoms with Gasteiger partial charge in [0.15, 0.2) is 0 Å².